The summed E-state index contributed by atoms with van der Waals surface area (Å²) in [6, 6.07) is 24.3. The quantitative estimate of drug-likeness (QED) is 0.504. The largest absolute Gasteiger partial charge is 0.288 e. The van der Waals surface area contributed by atoms with Gasteiger partial charge in [0.25, 0.3) is 0 Å². The van der Waals surface area contributed by atoms with Gasteiger partial charge in [0.2, 0.25) is 5.43 Å². The summed E-state index contributed by atoms with van der Waals surface area (Å²) < 4.78 is 1.70. The zero-order valence-electron chi connectivity index (χ0n) is 13.8. The lowest BCUT2D eigenvalue weighted by atomic mass is 10.1. The van der Waals surface area contributed by atoms with Crippen LogP contribution < -0.4 is 5.43 Å². The van der Waals surface area contributed by atoms with Gasteiger partial charge in [0.05, 0.1) is 11.4 Å². The minimum absolute atomic E-state index is 0.0706. The molecule has 0 unspecified atom stereocenters. The maximum absolute atomic E-state index is 12.6. The highest BCUT2D eigenvalue weighted by Crippen LogP contribution is 2.22. The van der Waals surface area contributed by atoms with Gasteiger partial charge >= 0.3 is 0 Å². The number of benzene rings is 2. The second-order valence-electron chi connectivity index (χ2n) is 5.83. The van der Waals surface area contributed by atoms with Crippen molar-refractivity contribution in [3.63, 3.8) is 0 Å². The second kappa shape index (κ2) is 6.98. The van der Waals surface area contributed by atoms with Gasteiger partial charge in [-0.2, -0.15) is 5.10 Å². The van der Waals surface area contributed by atoms with E-state index in [9.17, 15) is 4.79 Å². The molecule has 0 saturated carbocycles. The Balaban J connectivity index is 1.94. The fraction of sp³-hybridized carbons (Fsp3) is 0. The molecule has 0 bridgehead atoms. The van der Waals surface area contributed by atoms with Crippen LogP contribution in [0, 0.1) is 0 Å². The van der Waals surface area contributed by atoms with Crippen LogP contribution in [-0.4, -0.2) is 9.78 Å². The molecule has 3 nitrogen and oxygen atoms in total. The maximum Gasteiger partial charge on any atom is 0.204 e. The molecule has 0 aliphatic rings. The van der Waals surface area contributed by atoms with E-state index in [0.29, 0.717) is 10.5 Å². The minimum atomic E-state index is -0.0706. The third kappa shape index (κ3) is 3.05. The highest BCUT2D eigenvalue weighted by molar-refractivity contribution is 6.32. The number of para-hydroxylation sites is 1. The molecular formula is C22H15ClN2O. The van der Waals surface area contributed by atoms with Gasteiger partial charge in [0, 0.05) is 10.4 Å². The molecule has 126 valence electrons. The molecule has 26 heavy (non-hydrogen) atoms. The molecule has 4 heteroatoms. The van der Waals surface area contributed by atoms with E-state index in [0.717, 1.165) is 22.3 Å². The molecule has 4 aromatic rings. The molecule has 0 saturated heterocycles. The van der Waals surface area contributed by atoms with Gasteiger partial charge in [0.15, 0.2) is 0 Å². The predicted molar refractivity (Wildman–Crippen MR) is 108 cm³/mol. The Morgan fingerprint density at radius 1 is 0.808 bits per heavy atom. The Bertz CT molecular complexity index is 1160. The molecule has 0 aliphatic heterocycles. The molecule has 0 amide bonds. The van der Waals surface area contributed by atoms with Crippen LogP contribution in [0.4, 0.5) is 0 Å². The fourth-order valence-electron chi connectivity index (χ4n) is 2.88. The lowest BCUT2D eigenvalue weighted by Gasteiger charge is -2.00. The van der Waals surface area contributed by atoms with Crippen molar-refractivity contribution < 1.29 is 0 Å². The van der Waals surface area contributed by atoms with E-state index in [4.69, 9.17) is 11.6 Å². The summed E-state index contributed by atoms with van der Waals surface area (Å²) >= 11 is 6.23. The van der Waals surface area contributed by atoms with Crippen molar-refractivity contribution in [3.8, 4) is 5.69 Å². The van der Waals surface area contributed by atoms with Gasteiger partial charge in [-0.05, 0) is 35.9 Å². The average molecular weight is 359 g/mol. The van der Waals surface area contributed by atoms with Gasteiger partial charge in [-0.25, -0.2) is 4.68 Å². The number of halogens is 1. The molecule has 0 aliphatic carbocycles. The summed E-state index contributed by atoms with van der Waals surface area (Å²) in [4.78, 5) is 12.6. The molecule has 0 radical (unpaired) electrons. The van der Waals surface area contributed by atoms with Crippen molar-refractivity contribution >= 4 is 34.7 Å². The number of fused-ring (bicyclic) bond motifs is 1. The zero-order valence-corrected chi connectivity index (χ0v) is 14.6. The van der Waals surface area contributed by atoms with Crippen molar-refractivity contribution in [2.75, 3.05) is 0 Å². The van der Waals surface area contributed by atoms with Crippen LogP contribution in [0.5, 0.6) is 0 Å². The molecule has 0 spiro atoms. The maximum atomic E-state index is 12.6. The van der Waals surface area contributed by atoms with E-state index in [-0.39, 0.29) is 5.43 Å². The number of hydrogen-bond acceptors (Lipinski definition) is 2. The van der Waals surface area contributed by atoms with Gasteiger partial charge in [-0.3, -0.25) is 4.79 Å². The molecule has 3 aromatic carbocycles. The highest BCUT2D eigenvalue weighted by Gasteiger charge is 2.12. The third-order valence-corrected chi connectivity index (χ3v) is 4.48. The zero-order chi connectivity index (χ0) is 17.9. The molecule has 0 atom stereocenters. The van der Waals surface area contributed by atoms with Crippen LogP contribution in [-0.2, 0) is 0 Å². The Labute approximate surface area is 155 Å². The topological polar surface area (TPSA) is 34.9 Å². The standard InChI is InChI=1S/C22H15ClN2O/c23-19-12-6-4-8-16(19)14-15-20-18-11-5-7-13-21(26)22(18)25(24-20)17-9-2-1-3-10-17/h1-15H/b15-14-. The Hall–Kier alpha value is -3.17. The third-order valence-electron chi connectivity index (χ3n) is 4.13. The van der Waals surface area contributed by atoms with E-state index in [1.165, 1.54) is 0 Å². The first kappa shape index (κ1) is 16.3. The van der Waals surface area contributed by atoms with Crippen LogP contribution in [0.2, 0.25) is 5.02 Å². The van der Waals surface area contributed by atoms with E-state index in [1.807, 2.05) is 78.9 Å². The first-order valence-electron chi connectivity index (χ1n) is 8.24. The van der Waals surface area contributed by atoms with Crippen LogP contribution in [0.1, 0.15) is 11.3 Å². The van der Waals surface area contributed by atoms with Crippen LogP contribution >= 0.6 is 11.6 Å². The monoisotopic (exact) mass is 358 g/mol. The normalized spacial score (nSPS) is 11.3. The van der Waals surface area contributed by atoms with E-state index >= 15 is 0 Å². The van der Waals surface area contributed by atoms with Crippen molar-refractivity contribution in [3.05, 3.63) is 105 Å². The Kier molecular flexibility index (Phi) is 4.38. The molecule has 0 N–H and O–H groups in total. The summed E-state index contributed by atoms with van der Waals surface area (Å²) in [5.41, 5.74) is 2.95. The van der Waals surface area contributed by atoms with Gasteiger partial charge in [0.1, 0.15) is 5.52 Å². The van der Waals surface area contributed by atoms with Crippen molar-refractivity contribution in [1.29, 1.82) is 0 Å². The fourth-order valence-corrected chi connectivity index (χ4v) is 3.08. The smallest absolute Gasteiger partial charge is 0.204 e. The average Bonchev–Trinajstić information content (AvgIpc) is 2.92. The highest BCUT2D eigenvalue weighted by atomic mass is 35.5. The van der Waals surface area contributed by atoms with Gasteiger partial charge in [-0.15, -0.1) is 0 Å². The molecule has 4 rings (SSSR count). The van der Waals surface area contributed by atoms with Crippen molar-refractivity contribution in [1.82, 2.24) is 9.78 Å². The first-order valence-corrected chi connectivity index (χ1v) is 8.62. The van der Waals surface area contributed by atoms with Crippen molar-refractivity contribution in [2.24, 2.45) is 0 Å². The summed E-state index contributed by atoms with van der Waals surface area (Å²) in [7, 11) is 0. The Morgan fingerprint density at radius 2 is 1.50 bits per heavy atom. The predicted octanol–water partition coefficient (Wildman–Crippen LogP) is 5.21. The first-order chi connectivity index (χ1) is 12.7. The number of hydrogen-bond donors (Lipinski definition) is 0. The minimum Gasteiger partial charge on any atom is -0.288 e. The lowest BCUT2D eigenvalue weighted by Crippen LogP contribution is -2.04. The second-order valence-corrected chi connectivity index (χ2v) is 6.24. The lowest BCUT2D eigenvalue weighted by molar-refractivity contribution is 0.902. The van der Waals surface area contributed by atoms with Crippen LogP contribution in [0.15, 0.2) is 83.7 Å². The van der Waals surface area contributed by atoms with E-state index in [2.05, 4.69) is 5.10 Å². The van der Waals surface area contributed by atoms with Gasteiger partial charge in [-0.1, -0.05) is 72.3 Å². The molecule has 1 aromatic heterocycles. The SMILES string of the molecule is O=c1ccccc2c(/C=C\c3ccccc3Cl)nn(-c3ccccc3)c12. The van der Waals surface area contributed by atoms with Gasteiger partial charge < -0.3 is 0 Å². The van der Waals surface area contributed by atoms with E-state index in [1.54, 1.807) is 16.8 Å². The molecule has 1 heterocycles. The number of rotatable bonds is 3. The summed E-state index contributed by atoms with van der Waals surface area (Å²) in [5.74, 6) is 0. The van der Waals surface area contributed by atoms with E-state index < -0.39 is 0 Å². The number of aromatic nitrogens is 2. The molecule has 0 fully saturated rings. The van der Waals surface area contributed by atoms with Crippen molar-refractivity contribution in [2.45, 2.75) is 0 Å². The molecular weight excluding hydrogens is 344 g/mol. The van der Waals surface area contributed by atoms with Crippen LogP contribution in [0.25, 0.3) is 28.7 Å². The number of nitrogens with zero attached hydrogens (tertiary/aromatic N) is 2. The summed E-state index contributed by atoms with van der Waals surface area (Å²) in [6.07, 6.45) is 3.80. The summed E-state index contributed by atoms with van der Waals surface area (Å²) in [5, 5.41) is 6.15. The Morgan fingerprint density at radius 3 is 2.31 bits per heavy atom. The summed E-state index contributed by atoms with van der Waals surface area (Å²) in [6.45, 7) is 0. The van der Waals surface area contributed by atoms with Crippen LogP contribution in [0.3, 0.4) is 0 Å².